The summed E-state index contributed by atoms with van der Waals surface area (Å²) in [7, 11) is 0. The molecule has 2 rings (SSSR count). The molecule has 2 N–H and O–H groups in total. The van der Waals surface area contributed by atoms with Gasteiger partial charge >= 0.3 is 0 Å². The fourth-order valence-electron chi connectivity index (χ4n) is 2.27. The predicted octanol–water partition coefficient (Wildman–Crippen LogP) is 0.337. The van der Waals surface area contributed by atoms with Crippen molar-refractivity contribution in [3.05, 3.63) is 12.7 Å². The molecule has 2 heterocycles. The monoisotopic (exact) mass is 223 g/mol. The molecular formula is C11H21N5. The summed E-state index contributed by atoms with van der Waals surface area (Å²) in [5.41, 5.74) is 6.33. The van der Waals surface area contributed by atoms with E-state index in [1.54, 1.807) is 12.7 Å². The molecule has 0 aliphatic carbocycles. The van der Waals surface area contributed by atoms with Crippen molar-refractivity contribution in [2.75, 3.05) is 19.6 Å². The van der Waals surface area contributed by atoms with Crippen LogP contribution < -0.4 is 5.73 Å². The maximum atomic E-state index is 6.11. The zero-order valence-electron chi connectivity index (χ0n) is 10.1. The van der Waals surface area contributed by atoms with Gasteiger partial charge in [0.25, 0.3) is 0 Å². The van der Waals surface area contributed by atoms with Crippen molar-refractivity contribution in [2.24, 2.45) is 11.1 Å². The third-order valence-electron chi connectivity index (χ3n) is 3.50. The molecule has 0 bridgehead atoms. The molecule has 0 spiro atoms. The molecule has 0 aromatic carbocycles. The minimum absolute atomic E-state index is 0.223. The quantitative estimate of drug-likeness (QED) is 0.802. The molecule has 16 heavy (non-hydrogen) atoms. The van der Waals surface area contributed by atoms with Gasteiger partial charge in [-0.3, -0.25) is 4.68 Å². The number of hydrogen-bond donors (Lipinski definition) is 1. The number of hydrogen-bond acceptors (Lipinski definition) is 4. The van der Waals surface area contributed by atoms with Crippen LogP contribution in [0.4, 0.5) is 0 Å². The van der Waals surface area contributed by atoms with E-state index < -0.39 is 0 Å². The molecule has 1 fully saturated rings. The number of likely N-dealkylation sites (tertiary alicyclic amines) is 1. The Balaban J connectivity index is 1.83. The van der Waals surface area contributed by atoms with Gasteiger partial charge in [0.2, 0.25) is 0 Å². The van der Waals surface area contributed by atoms with E-state index in [1.165, 1.54) is 0 Å². The van der Waals surface area contributed by atoms with E-state index in [1.807, 2.05) is 4.68 Å². The third-order valence-corrected chi connectivity index (χ3v) is 3.50. The smallest absolute Gasteiger partial charge is 0.137 e. The first kappa shape index (κ1) is 11.5. The van der Waals surface area contributed by atoms with E-state index in [0.717, 1.165) is 32.6 Å². The lowest BCUT2D eigenvalue weighted by molar-refractivity contribution is 0.0917. The molecule has 90 valence electrons. The molecular weight excluding hydrogens is 202 g/mol. The lowest BCUT2D eigenvalue weighted by atomic mass is 9.80. The second kappa shape index (κ2) is 4.51. The minimum Gasteiger partial charge on any atom is -0.327 e. The number of piperidine rings is 1. The summed E-state index contributed by atoms with van der Waals surface area (Å²) < 4.78 is 1.88. The van der Waals surface area contributed by atoms with Gasteiger partial charge in [-0.2, -0.15) is 5.10 Å². The zero-order valence-corrected chi connectivity index (χ0v) is 10.1. The second-order valence-electron chi connectivity index (χ2n) is 5.32. The maximum absolute atomic E-state index is 6.11. The third kappa shape index (κ3) is 2.59. The highest BCUT2D eigenvalue weighted by Crippen LogP contribution is 2.27. The maximum Gasteiger partial charge on any atom is 0.137 e. The van der Waals surface area contributed by atoms with Crippen molar-refractivity contribution in [1.82, 2.24) is 19.7 Å². The summed E-state index contributed by atoms with van der Waals surface area (Å²) >= 11 is 0. The average Bonchev–Trinajstić information content (AvgIpc) is 2.72. The van der Waals surface area contributed by atoms with Gasteiger partial charge < -0.3 is 10.6 Å². The first-order chi connectivity index (χ1) is 7.58. The van der Waals surface area contributed by atoms with Crippen molar-refractivity contribution >= 4 is 0 Å². The topological polar surface area (TPSA) is 60.0 Å². The first-order valence-corrected chi connectivity index (χ1v) is 5.88. The number of nitrogens with two attached hydrogens (primary N) is 1. The van der Waals surface area contributed by atoms with Crippen LogP contribution in [0.15, 0.2) is 12.7 Å². The van der Waals surface area contributed by atoms with Gasteiger partial charge in [0.15, 0.2) is 0 Å². The molecule has 0 amide bonds. The number of aromatic nitrogens is 3. The van der Waals surface area contributed by atoms with Crippen molar-refractivity contribution in [1.29, 1.82) is 0 Å². The Morgan fingerprint density at radius 1 is 1.44 bits per heavy atom. The standard InChI is InChI=1S/C11H21N5/c1-11(2)7-15(4-3-10(11)12)5-6-16-9-13-8-14-16/h8-10H,3-7,12H2,1-2H3. The number of nitrogens with zero attached hydrogens (tertiary/aromatic N) is 4. The van der Waals surface area contributed by atoms with Gasteiger partial charge in [-0.25, -0.2) is 4.98 Å². The summed E-state index contributed by atoms with van der Waals surface area (Å²) in [5.74, 6) is 0. The zero-order chi connectivity index (χ0) is 11.6. The van der Waals surface area contributed by atoms with Gasteiger partial charge in [-0.05, 0) is 18.4 Å². The lowest BCUT2D eigenvalue weighted by Gasteiger charge is -2.42. The van der Waals surface area contributed by atoms with E-state index in [2.05, 4.69) is 28.8 Å². The Labute approximate surface area is 96.6 Å². The molecule has 0 radical (unpaired) electrons. The van der Waals surface area contributed by atoms with Crippen LogP contribution in [0.5, 0.6) is 0 Å². The summed E-state index contributed by atoms with van der Waals surface area (Å²) in [6.45, 7) is 8.60. The fourth-order valence-corrected chi connectivity index (χ4v) is 2.27. The van der Waals surface area contributed by atoms with Crippen LogP contribution in [0.1, 0.15) is 20.3 Å². The Hall–Kier alpha value is -0.940. The molecule has 1 unspecified atom stereocenters. The van der Waals surface area contributed by atoms with Crippen LogP contribution >= 0.6 is 0 Å². The van der Waals surface area contributed by atoms with Crippen LogP contribution in [-0.2, 0) is 6.54 Å². The average molecular weight is 223 g/mol. The van der Waals surface area contributed by atoms with Gasteiger partial charge in [0.1, 0.15) is 12.7 Å². The van der Waals surface area contributed by atoms with Crippen molar-refractivity contribution in [2.45, 2.75) is 32.9 Å². The number of rotatable bonds is 3. The molecule has 1 saturated heterocycles. The van der Waals surface area contributed by atoms with Gasteiger partial charge in [-0.1, -0.05) is 13.8 Å². The molecule has 1 atom stereocenters. The summed E-state index contributed by atoms with van der Waals surface area (Å²) in [5, 5.41) is 4.11. The lowest BCUT2D eigenvalue weighted by Crippen LogP contribution is -2.52. The van der Waals surface area contributed by atoms with E-state index in [4.69, 9.17) is 5.73 Å². The first-order valence-electron chi connectivity index (χ1n) is 5.88. The van der Waals surface area contributed by atoms with Crippen LogP contribution in [0.3, 0.4) is 0 Å². The highest BCUT2D eigenvalue weighted by molar-refractivity contribution is 4.89. The molecule has 5 nitrogen and oxygen atoms in total. The van der Waals surface area contributed by atoms with Crippen LogP contribution in [0, 0.1) is 5.41 Å². The summed E-state index contributed by atoms with van der Waals surface area (Å²) in [6, 6.07) is 0.329. The second-order valence-corrected chi connectivity index (χ2v) is 5.32. The Morgan fingerprint density at radius 2 is 2.25 bits per heavy atom. The Morgan fingerprint density at radius 3 is 2.88 bits per heavy atom. The fraction of sp³-hybridized carbons (Fsp3) is 0.818. The molecule has 1 aromatic heterocycles. The van der Waals surface area contributed by atoms with Crippen LogP contribution in [-0.4, -0.2) is 45.3 Å². The van der Waals surface area contributed by atoms with E-state index in [-0.39, 0.29) is 5.41 Å². The van der Waals surface area contributed by atoms with Crippen LogP contribution in [0.2, 0.25) is 0 Å². The van der Waals surface area contributed by atoms with E-state index in [9.17, 15) is 0 Å². The molecule has 1 aliphatic heterocycles. The predicted molar refractivity (Wildman–Crippen MR) is 62.8 cm³/mol. The van der Waals surface area contributed by atoms with E-state index >= 15 is 0 Å². The summed E-state index contributed by atoms with van der Waals surface area (Å²) in [6.07, 6.45) is 4.43. The Bertz CT molecular complexity index is 319. The summed E-state index contributed by atoms with van der Waals surface area (Å²) in [4.78, 5) is 6.40. The van der Waals surface area contributed by atoms with Gasteiger partial charge in [0, 0.05) is 19.1 Å². The van der Waals surface area contributed by atoms with Crippen molar-refractivity contribution in [3.63, 3.8) is 0 Å². The SMILES string of the molecule is CC1(C)CN(CCn2cncn2)CCC1N. The highest BCUT2D eigenvalue weighted by atomic mass is 15.3. The van der Waals surface area contributed by atoms with Crippen molar-refractivity contribution in [3.8, 4) is 0 Å². The highest BCUT2D eigenvalue weighted by Gasteiger charge is 2.32. The molecule has 0 saturated carbocycles. The molecule has 5 heteroatoms. The largest absolute Gasteiger partial charge is 0.327 e. The van der Waals surface area contributed by atoms with Crippen molar-refractivity contribution < 1.29 is 0 Å². The van der Waals surface area contributed by atoms with E-state index in [0.29, 0.717) is 6.04 Å². The van der Waals surface area contributed by atoms with Gasteiger partial charge in [0.05, 0.1) is 6.54 Å². The Kier molecular flexibility index (Phi) is 3.25. The van der Waals surface area contributed by atoms with Crippen LogP contribution in [0.25, 0.3) is 0 Å². The van der Waals surface area contributed by atoms with Gasteiger partial charge in [-0.15, -0.1) is 0 Å². The molecule has 1 aliphatic rings. The normalized spacial score (nSPS) is 25.8. The minimum atomic E-state index is 0.223. The molecule has 1 aromatic rings.